The van der Waals surface area contributed by atoms with Gasteiger partial charge in [-0.05, 0) is 18.9 Å². The van der Waals surface area contributed by atoms with Crippen molar-refractivity contribution < 1.29 is 9.53 Å². The van der Waals surface area contributed by atoms with Gasteiger partial charge < -0.3 is 4.74 Å². The van der Waals surface area contributed by atoms with Gasteiger partial charge in [0.05, 0.1) is 13.3 Å². The summed E-state index contributed by atoms with van der Waals surface area (Å²) in [5.41, 5.74) is 2.93. The first kappa shape index (κ1) is 13.3. The molecule has 2 rings (SSSR count). The molecule has 0 amide bonds. The number of hydrogen-bond donors (Lipinski definition) is 0. The van der Waals surface area contributed by atoms with Crippen LogP contribution in [0.15, 0.2) is 30.5 Å². The number of carbonyl (C=O) groups is 1. The fraction of sp³-hybridized carbons (Fsp3) is 0.333. The Morgan fingerprint density at radius 1 is 1.32 bits per heavy atom. The lowest BCUT2D eigenvalue weighted by atomic mass is 10.0. The lowest BCUT2D eigenvalue weighted by Crippen LogP contribution is -2.09. The van der Waals surface area contributed by atoms with Crippen LogP contribution in [-0.2, 0) is 13.5 Å². The summed E-state index contributed by atoms with van der Waals surface area (Å²) >= 11 is 0. The number of rotatable bonds is 5. The molecule has 0 N–H and O–H groups in total. The molecule has 19 heavy (non-hydrogen) atoms. The zero-order valence-corrected chi connectivity index (χ0v) is 11.5. The van der Waals surface area contributed by atoms with Gasteiger partial charge in [-0.1, -0.05) is 29.8 Å². The summed E-state index contributed by atoms with van der Waals surface area (Å²) < 4.78 is 6.72. The first-order chi connectivity index (χ1) is 9.11. The predicted octanol–water partition coefficient (Wildman–Crippen LogP) is 2.55. The minimum absolute atomic E-state index is 0.0532. The zero-order valence-electron chi connectivity index (χ0n) is 11.5. The van der Waals surface area contributed by atoms with E-state index < -0.39 is 0 Å². The number of ketones is 1. The Hall–Kier alpha value is -2.10. The molecule has 0 aliphatic heterocycles. The van der Waals surface area contributed by atoms with Gasteiger partial charge >= 0.3 is 0 Å². The lowest BCUT2D eigenvalue weighted by molar-refractivity contribution is 0.0970. The molecule has 0 saturated heterocycles. The molecule has 0 atom stereocenters. The Bertz CT molecular complexity index is 570. The normalized spacial score (nSPS) is 10.5. The van der Waals surface area contributed by atoms with Crippen molar-refractivity contribution in [2.24, 2.45) is 7.05 Å². The van der Waals surface area contributed by atoms with E-state index in [1.54, 1.807) is 25.0 Å². The lowest BCUT2D eigenvalue weighted by Gasteiger charge is -2.05. The number of hydrogen-bond acceptors (Lipinski definition) is 3. The Kier molecular flexibility index (Phi) is 4.00. The molecule has 0 saturated carbocycles. The molecular weight excluding hydrogens is 240 g/mol. The summed E-state index contributed by atoms with van der Waals surface area (Å²) in [7, 11) is 3.30. The van der Waals surface area contributed by atoms with Crippen LogP contribution >= 0.6 is 0 Å². The maximum atomic E-state index is 12.2. The van der Waals surface area contributed by atoms with Gasteiger partial charge in [-0.3, -0.25) is 9.48 Å². The van der Waals surface area contributed by atoms with Gasteiger partial charge in [-0.2, -0.15) is 5.10 Å². The number of carbonyl (C=O) groups excluding carboxylic acids is 1. The highest BCUT2D eigenvalue weighted by Gasteiger charge is 2.17. The van der Waals surface area contributed by atoms with E-state index in [0.29, 0.717) is 17.9 Å². The number of aromatic nitrogens is 2. The highest BCUT2D eigenvalue weighted by atomic mass is 16.5. The van der Waals surface area contributed by atoms with Crippen LogP contribution in [-0.4, -0.2) is 22.7 Å². The van der Waals surface area contributed by atoms with Crippen LogP contribution in [0.1, 0.15) is 28.0 Å². The number of Topliss-reactive ketones (excluding diaryl/α,β-unsaturated/α-hetero) is 1. The summed E-state index contributed by atoms with van der Waals surface area (Å²) in [6.45, 7) is 2.05. The van der Waals surface area contributed by atoms with E-state index >= 15 is 0 Å². The van der Waals surface area contributed by atoms with E-state index in [4.69, 9.17) is 4.74 Å². The third-order valence-electron chi connectivity index (χ3n) is 3.15. The first-order valence-electron chi connectivity index (χ1n) is 6.26. The number of aryl methyl sites for hydroxylation is 3. The van der Waals surface area contributed by atoms with Crippen LogP contribution in [0.25, 0.3) is 0 Å². The van der Waals surface area contributed by atoms with Crippen molar-refractivity contribution in [2.75, 3.05) is 7.11 Å². The van der Waals surface area contributed by atoms with Gasteiger partial charge in [-0.15, -0.1) is 0 Å². The molecule has 1 heterocycles. The molecule has 100 valence electrons. The van der Waals surface area contributed by atoms with E-state index in [0.717, 1.165) is 6.42 Å². The quantitative estimate of drug-likeness (QED) is 0.774. The van der Waals surface area contributed by atoms with Gasteiger partial charge in [0.2, 0.25) is 0 Å². The average molecular weight is 258 g/mol. The summed E-state index contributed by atoms with van der Waals surface area (Å²) in [5.74, 6) is 0.592. The van der Waals surface area contributed by atoms with Crippen LogP contribution in [0.4, 0.5) is 0 Å². The van der Waals surface area contributed by atoms with Gasteiger partial charge in [0.1, 0.15) is 5.69 Å². The molecule has 0 radical (unpaired) electrons. The molecule has 0 fully saturated rings. The van der Waals surface area contributed by atoms with Gasteiger partial charge in [0.25, 0.3) is 0 Å². The number of methoxy groups -OCH3 is 1. The summed E-state index contributed by atoms with van der Waals surface area (Å²) in [6.07, 6.45) is 2.76. The van der Waals surface area contributed by atoms with Crippen molar-refractivity contribution in [2.45, 2.75) is 19.8 Å². The van der Waals surface area contributed by atoms with Gasteiger partial charge in [0, 0.05) is 13.5 Å². The molecule has 2 aromatic rings. The molecule has 4 nitrogen and oxygen atoms in total. The fourth-order valence-corrected chi connectivity index (χ4v) is 2.02. The van der Waals surface area contributed by atoms with E-state index in [-0.39, 0.29) is 5.78 Å². The van der Waals surface area contributed by atoms with E-state index in [1.807, 2.05) is 0 Å². The van der Waals surface area contributed by atoms with Crippen LogP contribution < -0.4 is 4.74 Å². The van der Waals surface area contributed by atoms with Gasteiger partial charge in [-0.25, -0.2) is 0 Å². The number of nitrogens with zero attached hydrogens (tertiary/aromatic N) is 2. The summed E-state index contributed by atoms with van der Waals surface area (Å²) in [6, 6.07) is 8.24. The second kappa shape index (κ2) is 5.69. The topological polar surface area (TPSA) is 44.1 Å². The summed E-state index contributed by atoms with van der Waals surface area (Å²) in [4.78, 5) is 12.2. The third-order valence-corrected chi connectivity index (χ3v) is 3.15. The first-order valence-corrected chi connectivity index (χ1v) is 6.26. The van der Waals surface area contributed by atoms with Crippen molar-refractivity contribution in [1.82, 2.24) is 9.78 Å². The highest BCUT2D eigenvalue weighted by Crippen LogP contribution is 2.19. The third kappa shape index (κ3) is 3.02. The highest BCUT2D eigenvalue weighted by molar-refractivity contribution is 5.97. The van der Waals surface area contributed by atoms with Crippen LogP contribution in [0.3, 0.4) is 0 Å². The second-order valence-corrected chi connectivity index (χ2v) is 4.59. The predicted molar refractivity (Wildman–Crippen MR) is 73.6 cm³/mol. The molecule has 1 aromatic heterocycles. The Labute approximate surface area is 113 Å². The molecule has 4 heteroatoms. The SMILES string of the molecule is COc1cnn(C)c1C(=O)CCc1ccc(C)cc1. The number of benzene rings is 1. The van der Waals surface area contributed by atoms with Crippen LogP contribution in [0, 0.1) is 6.92 Å². The maximum Gasteiger partial charge on any atom is 0.184 e. The molecule has 0 bridgehead atoms. The molecular formula is C15H18N2O2. The van der Waals surface area contributed by atoms with Crippen LogP contribution in [0.5, 0.6) is 5.75 Å². The second-order valence-electron chi connectivity index (χ2n) is 4.59. The zero-order chi connectivity index (χ0) is 13.8. The smallest absolute Gasteiger partial charge is 0.184 e. The Morgan fingerprint density at radius 3 is 2.63 bits per heavy atom. The van der Waals surface area contributed by atoms with Crippen molar-refractivity contribution in [3.8, 4) is 5.75 Å². The molecule has 0 unspecified atom stereocenters. The van der Waals surface area contributed by atoms with E-state index in [2.05, 4.69) is 36.3 Å². The minimum Gasteiger partial charge on any atom is -0.493 e. The Morgan fingerprint density at radius 2 is 2.00 bits per heavy atom. The van der Waals surface area contributed by atoms with Crippen molar-refractivity contribution in [3.63, 3.8) is 0 Å². The van der Waals surface area contributed by atoms with Crippen molar-refractivity contribution >= 4 is 5.78 Å². The van der Waals surface area contributed by atoms with Crippen LogP contribution in [0.2, 0.25) is 0 Å². The molecule has 1 aromatic carbocycles. The van der Waals surface area contributed by atoms with Gasteiger partial charge in [0.15, 0.2) is 11.5 Å². The van der Waals surface area contributed by atoms with E-state index in [1.165, 1.54) is 11.1 Å². The minimum atomic E-state index is 0.0532. The average Bonchev–Trinajstić information content (AvgIpc) is 2.79. The monoisotopic (exact) mass is 258 g/mol. The fourth-order valence-electron chi connectivity index (χ4n) is 2.02. The Balaban J connectivity index is 2.05. The number of ether oxygens (including phenoxy) is 1. The standard InChI is InChI=1S/C15H18N2O2/c1-11-4-6-12(7-5-11)8-9-13(18)15-14(19-3)10-16-17(15)2/h4-7,10H,8-9H2,1-3H3. The maximum absolute atomic E-state index is 12.2. The molecule has 0 spiro atoms. The van der Waals surface area contributed by atoms with E-state index in [9.17, 15) is 4.79 Å². The largest absolute Gasteiger partial charge is 0.493 e. The summed E-state index contributed by atoms with van der Waals surface area (Å²) in [5, 5.41) is 4.05. The van der Waals surface area contributed by atoms with Crippen molar-refractivity contribution in [3.05, 3.63) is 47.3 Å². The molecule has 0 aliphatic carbocycles. The van der Waals surface area contributed by atoms with Crippen molar-refractivity contribution in [1.29, 1.82) is 0 Å². The molecule has 0 aliphatic rings.